The van der Waals surface area contributed by atoms with Crippen molar-refractivity contribution in [3.05, 3.63) is 76.8 Å². The number of anilines is 1. The third kappa shape index (κ3) is 5.98. The van der Waals surface area contributed by atoms with Gasteiger partial charge in [0.2, 0.25) is 5.91 Å². The van der Waals surface area contributed by atoms with Crippen molar-refractivity contribution in [3.63, 3.8) is 0 Å². The molecule has 0 bridgehead atoms. The van der Waals surface area contributed by atoms with E-state index < -0.39 is 11.7 Å². The topological polar surface area (TPSA) is 69.0 Å². The number of benzene rings is 2. The highest BCUT2D eigenvalue weighted by molar-refractivity contribution is 7.99. The fourth-order valence-corrected chi connectivity index (χ4v) is 3.50. The van der Waals surface area contributed by atoms with Crippen LogP contribution in [0.5, 0.6) is 5.75 Å². The lowest BCUT2D eigenvalue weighted by molar-refractivity contribution is -0.113. The van der Waals surface area contributed by atoms with E-state index in [1.165, 1.54) is 30.0 Å². The van der Waals surface area contributed by atoms with E-state index in [0.29, 0.717) is 33.3 Å². The molecule has 1 heterocycles. The quantitative estimate of drug-likeness (QED) is 0.345. The second-order valence-corrected chi connectivity index (χ2v) is 7.82. The van der Waals surface area contributed by atoms with Crippen LogP contribution in [0.4, 0.5) is 10.1 Å². The van der Waals surface area contributed by atoms with Gasteiger partial charge in [-0.1, -0.05) is 41.0 Å². The number of thioether (sulfide) groups is 1. The Balaban J connectivity index is 1.62. The maximum Gasteiger partial charge on any atom is 0.234 e. The van der Waals surface area contributed by atoms with Gasteiger partial charge in [-0.05, 0) is 42.5 Å². The maximum absolute atomic E-state index is 13.8. The molecule has 0 aliphatic rings. The third-order valence-corrected chi connectivity index (χ3v) is 5.28. The standard InChI is InChI=1S/C20H17Cl2FN4O2S/c1-2-9-27-18(11-29-15-6-3-13(21)4-7-15)25-26-20(27)30-12-19(28)24-17-10-14(22)5-8-16(17)23/h2-8,10H,1,9,11-12H2,(H,24,28). The Hall–Kier alpha value is -2.55. The van der Waals surface area contributed by atoms with Gasteiger partial charge in [0.15, 0.2) is 11.0 Å². The Morgan fingerprint density at radius 3 is 2.67 bits per heavy atom. The monoisotopic (exact) mass is 466 g/mol. The predicted molar refractivity (Wildman–Crippen MR) is 117 cm³/mol. The van der Waals surface area contributed by atoms with Crippen LogP contribution in [0.1, 0.15) is 5.82 Å². The van der Waals surface area contributed by atoms with E-state index in [2.05, 4.69) is 22.1 Å². The van der Waals surface area contributed by atoms with Crippen LogP contribution in [0.2, 0.25) is 10.0 Å². The van der Waals surface area contributed by atoms with E-state index >= 15 is 0 Å². The maximum atomic E-state index is 13.8. The zero-order valence-corrected chi connectivity index (χ0v) is 18.0. The molecule has 0 fully saturated rings. The minimum absolute atomic E-state index is 0.0132. The zero-order valence-electron chi connectivity index (χ0n) is 15.6. The van der Waals surface area contributed by atoms with Gasteiger partial charge in [-0.2, -0.15) is 0 Å². The number of rotatable bonds is 9. The highest BCUT2D eigenvalue weighted by Gasteiger charge is 2.15. The Bertz CT molecular complexity index is 1040. The van der Waals surface area contributed by atoms with Gasteiger partial charge in [0.25, 0.3) is 0 Å². The minimum Gasteiger partial charge on any atom is -0.486 e. The summed E-state index contributed by atoms with van der Waals surface area (Å²) >= 11 is 12.9. The van der Waals surface area contributed by atoms with Gasteiger partial charge in [0.1, 0.15) is 18.2 Å². The van der Waals surface area contributed by atoms with Crippen LogP contribution < -0.4 is 10.1 Å². The predicted octanol–water partition coefficient (Wildman–Crippen LogP) is 5.22. The van der Waals surface area contributed by atoms with Crippen LogP contribution in [0.25, 0.3) is 0 Å². The number of nitrogens with one attached hydrogen (secondary N) is 1. The van der Waals surface area contributed by atoms with Crippen LogP contribution in [0, 0.1) is 5.82 Å². The fourth-order valence-electron chi connectivity index (χ4n) is 2.43. The van der Waals surface area contributed by atoms with E-state index in [0.717, 1.165) is 0 Å². The highest BCUT2D eigenvalue weighted by Crippen LogP contribution is 2.22. The Morgan fingerprint density at radius 2 is 1.93 bits per heavy atom. The summed E-state index contributed by atoms with van der Waals surface area (Å²) in [6.07, 6.45) is 1.70. The second kappa shape index (κ2) is 10.5. The molecule has 0 saturated carbocycles. The van der Waals surface area contributed by atoms with Crippen LogP contribution in [0.15, 0.2) is 60.3 Å². The molecule has 0 radical (unpaired) electrons. The van der Waals surface area contributed by atoms with Crippen LogP contribution in [-0.2, 0) is 17.9 Å². The van der Waals surface area contributed by atoms with E-state index in [9.17, 15) is 9.18 Å². The average molecular weight is 467 g/mol. The summed E-state index contributed by atoms with van der Waals surface area (Å²) in [4.78, 5) is 12.2. The Kier molecular flexibility index (Phi) is 7.73. The van der Waals surface area contributed by atoms with Gasteiger partial charge >= 0.3 is 0 Å². The van der Waals surface area contributed by atoms with Crippen LogP contribution >= 0.6 is 35.0 Å². The van der Waals surface area contributed by atoms with Gasteiger partial charge in [-0.15, -0.1) is 16.8 Å². The van der Waals surface area contributed by atoms with Gasteiger partial charge in [0.05, 0.1) is 11.4 Å². The summed E-state index contributed by atoms with van der Waals surface area (Å²) < 4.78 is 21.3. The van der Waals surface area contributed by atoms with E-state index in [4.69, 9.17) is 27.9 Å². The summed E-state index contributed by atoms with van der Waals surface area (Å²) in [5.74, 6) is 0.278. The number of halogens is 3. The van der Waals surface area contributed by atoms with Crippen molar-refractivity contribution >= 4 is 46.6 Å². The number of amides is 1. The van der Waals surface area contributed by atoms with Crippen molar-refractivity contribution in [1.29, 1.82) is 0 Å². The van der Waals surface area contributed by atoms with Gasteiger partial charge in [-0.25, -0.2) is 4.39 Å². The molecular formula is C20H17Cl2FN4O2S. The number of ether oxygens (including phenoxy) is 1. The Labute approximate surface area is 187 Å². The minimum atomic E-state index is -0.561. The molecule has 0 unspecified atom stereocenters. The molecule has 156 valence electrons. The number of carbonyl (C=O) groups excluding carboxylic acids is 1. The van der Waals surface area contributed by atoms with Crippen LogP contribution in [-0.4, -0.2) is 26.4 Å². The summed E-state index contributed by atoms with van der Waals surface area (Å²) in [6.45, 7) is 4.37. The van der Waals surface area contributed by atoms with Crippen molar-refractivity contribution in [1.82, 2.24) is 14.8 Å². The van der Waals surface area contributed by atoms with Crippen molar-refractivity contribution in [2.24, 2.45) is 0 Å². The lowest BCUT2D eigenvalue weighted by Crippen LogP contribution is -2.16. The molecule has 1 aromatic heterocycles. The molecule has 6 nitrogen and oxygen atoms in total. The first kappa shape index (κ1) is 22.1. The summed E-state index contributed by atoms with van der Waals surface area (Å²) in [6, 6.07) is 10.9. The molecule has 0 spiro atoms. The van der Waals surface area contributed by atoms with E-state index in [1.54, 1.807) is 34.9 Å². The molecule has 2 aromatic carbocycles. The molecular weight excluding hydrogens is 450 g/mol. The van der Waals surface area contributed by atoms with Crippen molar-refractivity contribution in [2.75, 3.05) is 11.1 Å². The largest absolute Gasteiger partial charge is 0.486 e. The first-order chi connectivity index (χ1) is 14.5. The first-order valence-corrected chi connectivity index (χ1v) is 10.5. The summed E-state index contributed by atoms with van der Waals surface area (Å²) in [5.41, 5.74) is 0.0257. The number of hydrogen-bond acceptors (Lipinski definition) is 5. The lowest BCUT2D eigenvalue weighted by Gasteiger charge is -2.10. The van der Waals surface area contributed by atoms with E-state index in [1.807, 2.05) is 0 Å². The Morgan fingerprint density at radius 1 is 1.20 bits per heavy atom. The van der Waals surface area contributed by atoms with Gasteiger partial charge < -0.3 is 10.1 Å². The average Bonchev–Trinajstić information content (AvgIpc) is 3.11. The molecule has 30 heavy (non-hydrogen) atoms. The smallest absolute Gasteiger partial charge is 0.234 e. The molecule has 3 aromatic rings. The number of nitrogens with zero attached hydrogens (tertiary/aromatic N) is 3. The lowest BCUT2D eigenvalue weighted by atomic mass is 10.3. The molecule has 3 rings (SSSR count). The van der Waals surface area contributed by atoms with Gasteiger partial charge in [-0.3, -0.25) is 9.36 Å². The number of allylic oxidation sites excluding steroid dienone is 1. The molecule has 1 amide bonds. The molecule has 0 saturated heterocycles. The number of carbonyl (C=O) groups is 1. The van der Waals surface area contributed by atoms with Crippen molar-refractivity contribution in [3.8, 4) is 5.75 Å². The summed E-state index contributed by atoms with van der Waals surface area (Å²) in [7, 11) is 0. The number of hydrogen-bond donors (Lipinski definition) is 1. The van der Waals surface area contributed by atoms with Crippen molar-refractivity contribution < 1.29 is 13.9 Å². The first-order valence-electron chi connectivity index (χ1n) is 8.75. The van der Waals surface area contributed by atoms with Gasteiger partial charge in [0, 0.05) is 16.6 Å². The molecule has 0 aliphatic heterocycles. The summed E-state index contributed by atoms with van der Waals surface area (Å²) in [5, 5.41) is 12.2. The molecule has 0 aliphatic carbocycles. The third-order valence-electron chi connectivity index (χ3n) is 3.82. The molecule has 1 N–H and O–H groups in total. The molecule has 10 heteroatoms. The highest BCUT2D eigenvalue weighted by atomic mass is 35.5. The SMILES string of the molecule is C=CCn1c(COc2ccc(Cl)cc2)nnc1SCC(=O)Nc1cc(Cl)ccc1F. The fraction of sp³-hybridized carbons (Fsp3) is 0.150. The van der Waals surface area contributed by atoms with Crippen LogP contribution in [0.3, 0.4) is 0 Å². The second-order valence-electron chi connectivity index (χ2n) is 6.00. The van der Waals surface area contributed by atoms with E-state index in [-0.39, 0.29) is 18.0 Å². The van der Waals surface area contributed by atoms with Crippen molar-refractivity contribution in [2.45, 2.75) is 18.3 Å². The normalized spacial score (nSPS) is 10.6. The number of aromatic nitrogens is 3. The molecule has 0 atom stereocenters. The zero-order chi connectivity index (χ0) is 21.5.